The van der Waals surface area contributed by atoms with Crippen LogP contribution in [-0.4, -0.2) is 33.2 Å². The number of amides is 1. The van der Waals surface area contributed by atoms with Crippen LogP contribution < -0.4 is 10.9 Å². The highest BCUT2D eigenvalue weighted by Gasteiger charge is 2.15. The zero-order valence-corrected chi connectivity index (χ0v) is 17.4. The predicted molar refractivity (Wildman–Crippen MR) is 114 cm³/mol. The van der Waals surface area contributed by atoms with Gasteiger partial charge in [-0.25, -0.2) is 9.48 Å². The number of esters is 1. The van der Waals surface area contributed by atoms with Gasteiger partial charge in [-0.2, -0.15) is 5.10 Å². The molecule has 0 atom stereocenters. The molecular formula is C20H15BrN4O6. The Morgan fingerprint density at radius 1 is 1.13 bits per heavy atom. The van der Waals surface area contributed by atoms with Crippen molar-refractivity contribution in [2.75, 3.05) is 11.9 Å². The zero-order valence-electron chi connectivity index (χ0n) is 15.9. The van der Waals surface area contributed by atoms with Crippen LogP contribution in [0.5, 0.6) is 0 Å². The highest BCUT2D eigenvalue weighted by Crippen LogP contribution is 2.27. The van der Waals surface area contributed by atoms with Crippen molar-refractivity contribution in [2.24, 2.45) is 0 Å². The molecule has 0 unspecified atom stereocenters. The minimum Gasteiger partial charge on any atom is -0.451 e. The number of carbonyl (C=O) groups excluding carboxylic acids is 2. The third kappa shape index (κ3) is 5.82. The Morgan fingerprint density at radius 3 is 2.55 bits per heavy atom. The summed E-state index contributed by atoms with van der Waals surface area (Å²) >= 11 is 3.13. The highest BCUT2D eigenvalue weighted by atomic mass is 79.9. The molecule has 158 valence electrons. The summed E-state index contributed by atoms with van der Waals surface area (Å²) in [7, 11) is 0. The Balaban J connectivity index is 1.61. The van der Waals surface area contributed by atoms with Gasteiger partial charge in [-0.15, -0.1) is 0 Å². The number of nitrogens with zero attached hydrogens (tertiary/aromatic N) is 3. The van der Waals surface area contributed by atoms with Gasteiger partial charge in [0.25, 0.3) is 17.2 Å². The normalized spacial score (nSPS) is 10.4. The summed E-state index contributed by atoms with van der Waals surface area (Å²) < 4.78 is 6.38. The Bertz CT molecular complexity index is 1200. The molecule has 3 aromatic rings. The topological polar surface area (TPSA) is 133 Å². The first-order valence-corrected chi connectivity index (χ1v) is 9.66. The van der Waals surface area contributed by atoms with E-state index >= 15 is 0 Å². The molecule has 1 aromatic heterocycles. The van der Waals surface area contributed by atoms with Crippen LogP contribution in [0.4, 0.5) is 11.4 Å². The summed E-state index contributed by atoms with van der Waals surface area (Å²) in [5.41, 5.74) is 0.450. The number of hydrogen-bond donors (Lipinski definition) is 1. The molecule has 1 heterocycles. The number of nitro groups is 1. The van der Waals surface area contributed by atoms with Crippen LogP contribution in [0.1, 0.15) is 16.1 Å². The Morgan fingerprint density at radius 2 is 1.87 bits per heavy atom. The molecular weight excluding hydrogens is 472 g/mol. The highest BCUT2D eigenvalue weighted by molar-refractivity contribution is 9.10. The van der Waals surface area contributed by atoms with Crippen LogP contribution in [0.2, 0.25) is 0 Å². The van der Waals surface area contributed by atoms with Crippen molar-refractivity contribution in [3.05, 3.63) is 96.9 Å². The van der Waals surface area contributed by atoms with E-state index in [4.69, 9.17) is 4.74 Å². The number of ether oxygens (including phenoxy) is 1. The number of anilines is 1. The fourth-order valence-electron chi connectivity index (χ4n) is 2.54. The van der Waals surface area contributed by atoms with E-state index in [1.807, 2.05) is 30.3 Å². The number of carbonyl (C=O) groups is 2. The van der Waals surface area contributed by atoms with Gasteiger partial charge in [0.05, 0.1) is 17.2 Å². The summed E-state index contributed by atoms with van der Waals surface area (Å²) in [6.45, 7) is -0.433. The van der Waals surface area contributed by atoms with Crippen LogP contribution in [0, 0.1) is 10.1 Å². The molecule has 0 bridgehead atoms. The van der Waals surface area contributed by atoms with E-state index in [0.29, 0.717) is 4.47 Å². The van der Waals surface area contributed by atoms with E-state index in [1.54, 1.807) is 0 Å². The molecule has 0 fully saturated rings. The summed E-state index contributed by atoms with van der Waals surface area (Å²) in [5, 5.41) is 17.2. The first-order chi connectivity index (χ1) is 14.8. The molecule has 3 rings (SSSR count). The second-order valence-corrected chi connectivity index (χ2v) is 7.10. The lowest BCUT2D eigenvalue weighted by molar-refractivity contribution is -0.384. The van der Waals surface area contributed by atoms with Crippen LogP contribution in [0.15, 0.2) is 69.9 Å². The molecule has 0 saturated carbocycles. The number of nitro benzene ring substituents is 1. The number of halogens is 1. The van der Waals surface area contributed by atoms with E-state index in [-0.39, 0.29) is 29.2 Å². The number of non-ortho nitro benzene ring substituents is 1. The summed E-state index contributed by atoms with van der Waals surface area (Å²) in [6, 6.07) is 15.3. The van der Waals surface area contributed by atoms with Crippen molar-refractivity contribution in [1.29, 1.82) is 0 Å². The molecule has 2 aromatic carbocycles. The molecule has 11 heteroatoms. The van der Waals surface area contributed by atoms with Gasteiger partial charge in [-0.05, 0) is 33.6 Å². The smallest absolute Gasteiger partial charge is 0.359 e. The van der Waals surface area contributed by atoms with Crippen molar-refractivity contribution in [2.45, 2.75) is 6.54 Å². The lowest BCUT2D eigenvalue weighted by Gasteiger charge is -2.09. The van der Waals surface area contributed by atoms with Crippen molar-refractivity contribution in [1.82, 2.24) is 9.78 Å². The number of rotatable bonds is 7. The van der Waals surface area contributed by atoms with Gasteiger partial charge in [0.15, 0.2) is 12.3 Å². The van der Waals surface area contributed by atoms with E-state index in [9.17, 15) is 24.5 Å². The lowest BCUT2D eigenvalue weighted by Crippen LogP contribution is -2.26. The van der Waals surface area contributed by atoms with E-state index in [2.05, 4.69) is 26.3 Å². The number of nitrogens with one attached hydrogen (secondary N) is 1. The SMILES string of the molecule is O=C(COC(=O)c1ccc(=O)n(Cc2ccccc2)n1)Nc1ccc([N+](=O)[O-])cc1Br. The number of hydrogen-bond acceptors (Lipinski definition) is 7. The Hall–Kier alpha value is -3.86. The first kappa shape index (κ1) is 21.8. The van der Waals surface area contributed by atoms with Gasteiger partial charge in [-0.1, -0.05) is 30.3 Å². The fourth-order valence-corrected chi connectivity index (χ4v) is 3.00. The number of benzene rings is 2. The fraction of sp³-hybridized carbons (Fsp3) is 0.100. The maximum atomic E-state index is 12.2. The molecule has 1 amide bonds. The molecule has 0 spiro atoms. The molecule has 0 radical (unpaired) electrons. The zero-order chi connectivity index (χ0) is 22.4. The second-order valence-electron chi connectivity index (χ2n) is 6.25. The van der Waals surface area contributed by atoms with Crippen molar-refractivity contribution < 1.29 is 19.2 Å². The predicted octanol–water partition coefficient (Wildman–Crippen LogP) is 2.76. The van der Waals surface area contributed by atoms with E-state index < -0.39 is 23.4 Å². The molecule has 0 aliphatic rings. The van der Waals surface area contributed by atoms with Crippen LogP contribution in [0.3, 0.4) is 0 Å². The van der Waals surface area contributed by atoms with Crippen molar-refractivity contribution >= 4 is 39.2 Å². The third-order valence-electron chi connectivity index (χ3n) is 4.02. The molecule has 10 nitrogen and oxygen atoms in total. The molecule has 0 aliphatic carbocycles. The van der Waals surface area contributed by atoms with Crippen molar-refractivity contribution in [3.63, 3.8) is 0 Å². The lowest BCUT2D eigenvalue weighted by atomic mass is 10.2. The molecule has 0 saturated heterocycles. The average molecular weight is 487 g/mol. The summed E-state index contributed by atoms with van der Waals surface area (Å²) in [4.78, 5) is 46.5. The van der Waals surface area contributed by atoms with Gasteiger partial charge in [-0.3, -0.25) is 19.7 Å². The van der Waals surface area contributed by atoms with E-state index in [0.717, 1.165) is 10.2 Å². The average Bonchev–Trinajstić information content (AvgIpc) is 2.75. The van der Waals surface area contributed by atoms with Gasteiger partial charge in [0.1, 0.15) is 0 Å². The van der Waals surface area contributed by atoms with Crippen LogP contribution in [-0.2, 0) is 16.1 Å². The molecule has 31 heavy (non-hydrogen) atoms. The first-order valence-electron chi connectivity index (χ1n) is 8.86. The van der Waals surface area contributed by atoms with Crippen LogP contribution in [0.25, 0.3) is 0 Å². The van der Waals surface area contributed by atoms with E-state index in [1.165, 1.54) is 30.3 Å². The standard InChI is InChI=1S/C20H15BrN4O6/c21-15-10-14(25(29)30)6-7-16(15)22-18(26)12-31-20(28)17-8-9-19(27)24(23-17)11-13-4-2-1-3-5-13/h1-10H,11-12H2,(H,22,26). The summed E-state index contributed by atoms with van der Waals surface area (Å²) in [6.07, 6.45) is 0. The molecule has 0 aliphatic heterocycles. The third-order valence-corrected chi connectivity index (χ3v) is 4.68. The quantitative estimate of drug-likeness (QED) is 0.308. The maximum absolute atomic E-state index is 12.2. The second kappa shape index (κ2) is 9.76. The Kier molecular flexibility index (Phi) is 6.88. The largest absolute Gasteiger partial charge is 0.451 e. The van der Waals surface area contributed by atoms with Gasteiger partial charge in [0, 0.05) is 22.7 Å². The van der Waals surface area contributed by atoms with Gasteiger partial charge >= 0.3 is 5.97 Å². The van der Waals surface area contributed by atoms with Gasteiger partial charge in [0.2, 0.25) is 0 Å². The minimum absolute atomic E-state index is 0.125. The molecule has 1 N–H and O–H groups in total. The Labute approximate surface area is 183 Å². The van der Waals surface area contributed by atoms with Crippen LogP contribution >= 0.6 is 15.9 Å². The maximum Gasteiger partial charge on any atom is 0.359 e. The monoisotopic (exact) mass is 486 g/mol. The number of aromatic nitrogens is 2. The van der Waals surface area contributed by atoms with Crippen molar-refractivity contribution in [3.8, 4) is 0 Å². The summed E-state index contributed by atoms with van der Waals surface area (Å²) in [5.74, 6) is -1.53. The minimum atomic E-state index is -0.875. The van der Waals surface area contributed by atoms with Gasteiger partial charge < -0.3 is 10.1 Å².